The topological polar surface area (TPSA) is 50.7 Å². The first-order valence-corrected chi connectivity index (χ1v) is 7.47. The molecule has 0 aliphatic heterocycles. The quantitative estimate of drug-likeness (QED) is 0.646. The van der Waals surface area contributed by atoms with Crippen LogP contribution < -0.4 is 14.8 Å². The van der Waals surface area contributed by atoms with E-state index in [1.807, 2.05) is 12.1 Å². The van der Waals surface area contributed by atoms with Crippen molar-refractivity contribution in [1.82, 2.24) is 5.32 Å². The van der Waals surface area contributed by atoms with Crippen LogP contribution in [0.1, 0.15) is 37.7 Å². The van der Waals surface area contributed by atoms with Gasteiger partial charge in [0, 0.05) is 30.8 Å². The molecular weight excluding hydrogens is 254 g/mol. The summed E-state index contributed by atoms with van der Waals surface area (Å²) in [5, 5.41) is 12.3. The monoisotopic (exact) mass is 279 g/mol. The summed E-state index contributed by atoms with van der Waals surface area (Å²) in [7, 11) is 1.67. The standard InChI is InChI=1S/C16H25NO3/c1-19-15-8-5-13(12-17-14-6-7-14)16(11-15)20-10-4-2-3-9-18/h5,8,11,14,17-18H,2-4,6-7,9-10,12H2,1H3. The summed E-state index contributed by atoms with van der Waals surface area (Å²) in [6.07, 6.45) is 5.38. The van der Waals surface area contributed by atoms with Crippen molar-refractivity contribution in [3.8, 4) is 11.5 Å². The summed E-state index contributed by atoms with van der Waals surface area (Å²) in [6, 6.07) is 6.69. The molecule has 0 aromatic heterocycles. The van der Waals surface area contributed by atoms with Crippen LogP contribution in [0.5, 0.6) is 11.5 Å². The minimum absolute atomic E-state index is 0.260. The Labute approximate surface area is 121 Å². The lowest BCUT2D eigenvalue weighted by Gasteiger charge is -2.13. The second-order valence-electron chi connectivity index (χ2n) is 5.26. The normalized spacial score (nSPS) is 14.3. The van der Waals surface area contributed by atoms with Crippen molar-refractivity contribution < 1.29 is 14.6 Å². The van der Waals surface area contributed by atoms with Crippen molar-refractivity contribution in [2.45, 2.75) is 44.7 Å². The highest BCUT2D eigenvalue weighted by Crippen LogP contribution is 2.26. The van der Waals surface area contributed by atoms with Gasteiger partial charge in [0.1, 0.15) is 11.5 Å². The van der Waals surface area contributed by atoms with Gasteiger partial charge in [0.2, 0.25) is 0 Å². The lowest BCUT2D eigenvalue weighted by Crippen LogP contribution is -2.16. The first-order chi connectivity index (χ1) is 9.83. The van der Waals surface area contributed by atoms with Crippen LogP contribution in [0.25, 0.3) is 0 Å². The molecule has 20 heavy (non-hydrogen) atoms. The zero-order chi connectivity index (χ0) is 14.2. The van der Waals surface area contributed by atoms with E-state index in [-0.39, 0.29) is 6.61 Å². The van der Waals surface area contributed by atoms with E-state index < -0.39 is 0 Å². The maximum atomic E-state index is 8.76. The number of nitrogens with one attached hydrogen (secondary N) is 1. The molecule has 1 fully saturated rings. The number of benzene rings is 1. The fourth-order valence-electron chi connectivity index (χ4n) is 2.06. The Morgan fingerprint density at radius 3 is 2.80 bits per heavy atom. The Bertz CT molecular complexity index is 405. The fraction of sp³-hybridized carbons (Fsp3) is 0.625. The Morgan fingerprint density at radius 1 is 1.25 bits per heavy atom. The maximum absolute atomic E-state index is 8.76. The highest BCUT2D eigenvalue weighted by Gasteiger charge is 2.20. The average molecular weight is 279 g/mol. The van der Waals surface area contributed by atoms with Gasteiger partial charge in [-0.05, 0) is 38.2 Å². The van der Waals surface area contributed by atoms with Gasteiger partial charge in [-0.3, -0.25) is 0 Å². The molecule has 0 radical (unpaired) electrons. The van der Waals surface area contributed by atoms with Gasteiger partial charge in [-0.15, -0.1) is 0 Å². The Hall–Kier alpha value is -1.26. The van der Waals surface area contributed by atoms with E-state index >= 15 is 0 Å². The zero-order valence-corrected chi connectivity index (χ0v) is 12.2. The summed E-state index contributed by atoms with van der Waals surface area (Å²) in [6.45, 7) is 1.79. The number of rotatable bonds is 10. The molecule has 0 heterocycles. The van der Waals surface area contributed by atoms with E-state index in [0.717, 1.165) is 37.3 Å². The highest BCUT2D eigenvalue weighted by molar-refractivity contribution is 5.40. The largest absolute Gasteiger partial charge is 0.497 e. The van der Waals surface area contributed by atoms with Gasteiger partial charge >= 0.3 is 0 Å². The zero-order valence-electron chi connectivity index (χ0n) is 12.2. The molecule has 2 N–H and O–H groups in total. The predicted octanol–water partition coefficient (Wildman–Crippen LogP) is 2.49. The molecule has 1 saturated carbocycles. The third-order valence-electron chi connectivity index (χ3n) is 3.49. The molecule has 1 aromatic rings. The number of aliphatic hydroxyl groups is 1. The van der Waals surface area contributed by atoms with Gasteiger partial charge in [0.25, 0.3) is 0 Å². The van der Waals surface area contributed by atoms with Gasteiger partial charge in [0.05, 0.1) is 13.7 Å². The molecule has 4 heteroatoms. The van der Waals surface area contributed by atoms with Crippen LogP contribution in [0.3, 0.4) is 0 Å². The van der Waals surface area contributed by atoms with Crippen molar-refractivity contribution in [2.75, 3.05) is 20.3 Å². The van der Waals surface area contributed by atoms with Crippen LogP contribution in [0, 0.1) is 0 Å². The average Bonchev–Trinajstić information content (AvgIpc) is 3.29. The summed E-state index contributed by atoms with van der Waals surface area (Å²) in [5.41, 5.74) is 1.18. The van der Waals surface area contributed by atoms with Crippen molar-refractivity contribution in [2.24, 2.45) is 0 Å². The summed E-state index contributed by atoms with van der Waals surface area (Å²) in [5.74, 6) is 1.73. The number of unbranched alkanes of at least 4 members (excludes halogenated alkanes) is 2. The highest BCUT2D eigenvalue weighted by atomic mass is 16.5. The Morgan fingerprint density at radius 2 is 2.10 bits per heavy atom. The molecule has 1 aliphatic carbocycles. The molecule has 0 unspecified atom stereocenters. The van der Waals surface area contributed by atoms with Crippen LogP contribution in [0.15, 0.2) is 18.2 Å². The van der Waals surface area contributed by atoms with Crippen molar-refractivity contribution in [3.05, 3.63) is 23.8 Å². The van der Waals surface area contributed by atoms with E-state index in [2.05, 4.69) is 11.4 Å². The molecule has 0 saturated heterocycles. The molecular formula is C16H25NO3. The lowest BCUT2D eigenvalue weighted by molar-refractivity contribution is 0.264. The number of hydrogen-bond acceptors (Lipinski definition) is 4. The number of aliphatic hydroxyl groups excluding tert-OH is 1. The molecule has 1 aromatic carbocycles. The smallest absolute Gasteiger partial charge is 0.127 e. The van der Waals surface area contributed by atoms with Crippen LogP contribution in [0.4, 0.5) is 0 Å². The van der Waals surface area contributed by atoms with E-state index in [1.54, 1.807) is 7.11 Å². The van der Waals surface area contributed by atoms with Crippen LogP contribution in [-0.4, -0.2) is 31.5 Å². The van der Waals surface area contributed by atoms with Crippen molar-refractivity contribution >= 4 is 0 Å². The number of hydrogen-bond donors (Lipinski definition) is 2. The van der Waals surface area contributed by atoms with Crippen LogP contribution in [0.2, 0.25) is 0 Å². The molecule has 4 nitrogen and oxygen atoms in total. The second kappa shape index (κ2) is 8.12. The minimum Gasteiger partial charge on any atom is -0.497 e. The lowest BCUT2D eigenvalue weighted by atomic mass is 10.2. The third kappa shape index (κ3) is 5.02. The predicted molar refractivity (Wildman–Crippen MR) is 79.3 cm³/mol. The first-order valence-electron chi connectivity index (χ1n) is 7.47. The Kier molecular flexibility index (Phi) is 6.15. The maximum Gasteiger partial charge on any atom is 0.127 e. The molecule has 0 atom stereocenters. The van der Waals surface area contributed by atoms with E-state index in [4.69, 9.17) is 14.6 Å². The van der Waals surface area contributed by atoms with E-state index in [1.165, 1.54) is 18.4 Å². The minimum atomic E-state index is 0.260. The number of ether oxygens (including phenoxy) is 2. The van der Waals surface area contributed by atoms with Gasteiger partial charge < -0.3 is 19.9 Å². The molecule has 0 spiro atoms. The second-order valence-corrected chi connectivity index (χ2v) is 5.26. The van der Waals surface area contributed by atoms with Gasteiger partial charge in [-0.25, -0.2) is 0 Å². The third-order valence-corrected chi connectivity index (χ3v) is 3.49. The van der Waals surface area contributed by atoms with Crippen LogP contribution >= 0.6 is 0 Å². The van der Waals surface area contributed by atoms with Gasteiger partial charge in [-0.2, -0.15) is 0 Å². The SMILES string of the molecule is COc1ccc(CNC2CC2)c(OCCCCCO)c1. The Balaban J connectivity index is 1.87. The molecule has 0 bridgehead atoms. The summed E-state index contributed by atoms with van der Waals surface area (Å²) >= 11 is 0. The molecule has 1 aliphatic rings. The first kappa shape index (κ1) is 15.1. The fourth-order valence-corrected chi connectivity index (χ4v) is 2.06. The number of methoxy groups -OCH3 is 1. The molecule has 2 rings (SSSR count). The molecule has 112 valence electrons. The summed E-state index contributed by atoms with van der Waals surface area (Å²) in [4.78, 5) is 0. The molecule has 0 amide bonds. The summed E-state index contributed by atoms with van der Waals surface area (Å²) < 4.78 is 11.1. The van der Waals surface area contributed by atoms with Crippen LogP contribution in [-0.2, 0) is 6.54 Å². The van der Waals surface area contributed by atoms with Crippen molar-refractivity contribution in [1.29, 1.82) is 0 Å². The van der Waals surface area contributed by atoms with Crippen molar-refractivity contribution in [3.63, 3.8) is 0 Å². The van der Waals surface area contributed by atoms with E-state index in [9.17, 15) is 0 Å². The van der Waals surface area contributed by atoms with Gasteiger partial charge in [-0.1, -0.05) is 6.07 Å². The van der Waals surface area contributed by atoms with Gasteiger partial charge in [0.15, 0.2) is 0 Å². The van der Waals surface area contributed by atoms with E-state index in [0.29, 0.717) is 12.6 Å².